The zero-order valence-corrected chi connectivity index (χ0v) is 19.1. The van der Waals surface area contributed by atoms with Crippen molar-refractivity contribution >= 4 is 56.3 Å². The number of likely N-dealkylation sites (tertiary alicyclic amines) is 1. The number of Topliss-reactive ketones (excluding diaryl/α,β-unsaturated/α-hetero) is 1. The van der Waals surface area contributed by atoms with Crippen molar-refractivity contribution in [3.8, 4) is 5.75 Å². The van der Waals surface area contributed by atoms with E-state index in [1.807, 2.05) is 24.3 Å². The molecule has 0 atom stereocenters. The molecule has 1 aliphatic rings. The number of aromatic hydroxyl groups is 1. The molecule has 3 aromatic rings. The molecule has 0 bridgehead atoms. The minimum absolute atomic E-state index is 0.00687. The Morgan fingerprint density at radius 3 is 2.45 bits per heavy atom. The molecule has 1 aromatic heterocycles. The van der Waals surface area contributed by atoms with Crippen LogP contribution in [0.1, 0.15) is 50.4 Å². The molecule has 162 valence electrons. The van der Waals surface area contributed by atoms with Crippen LogP contribution in [0, 0.1) is 0 Å². The maximum atomic E-state index is 12.7. The lowest BCUT2D eigenvalue weighted by molar-refractivity contribution is 0.0975. The Labute approximate surface area is 194 Å². The third kappa shape index (κ3) is 4.58. The molecule has 2 heterocycles. The Morgan fingerprint density at radius 2 is 1.81 bits per heavy atom. The Bertz CT molecular complexity index is 1150. The number of nitrogens with zero attached hydrogens (tertiary/aromatic N) is 1. The lowest BCUT2D eigenvalue weighted by Crippen LogP contribution is -2.18. The first-order valence-electron chi connectivity index (χ1n) is 10.1. The Balaban J connectivity index is 1.50. The van der Waals surface area contributed by atoms with E-state index in [0.717, 1.165) is 19.6 Å². The summed E-state index contributed by atoms with van der Waals surface area (Å²) in [5, 5.41) is 10.6. The summed E-state index contributed by atoms with van der Waals surface area (Å²) in [6, 6.07) is 9.22. The van der Waals surface area contributed by atoms with Crippen molar-refractivity contribution in [1.29, 1.82) is 0 Å². The second-order valence-corrected chi connectivity index (χ2v) is 9.66. The number of rotatable bonds is 7. The van der Waals surface area contributed by atoms with Crippen molar-refractivity contribution in [2.45, 2.75) is 32.2 Å². The first-order valence-corrected chi connectivity index (χ1v) is 11.7. The molecular formula is C23H22Cl2N2O3S. The van der Waals surface area contributed by atoms with Crippen LogP contribution in [0.25, 0.3) is 10.1 Å². The summed E-state index contributed by atoms with van der Waals surface area (Å²) in [6.07, 6.45) is 3.08. The van der Waals surface area contributed by atoms with Crippen molar-refractivity contribution in [3.63, 3.8) is 0 Å². The number of primary amides is 1. The third-order valence-electron chi connectivity index (χ3n) is 5.63. The van der Waals surface area contributed by atoms with Crippen molar-refractivity contribution in [2.24, 2.45) is 5.73 Å². The topological polar surface area (TPSA) is 83.6 Å². The van der Waals surface area contributed by atoms with Crippen molar-refractivity contribution in [2.75, 3.05) is 13.1 Å². The molecule has 4 rings (SSSR count). The van der Waals surface area contributed by atoms with E-state index in [1.54, 1.807) is 0 Å². The highest BCUT2D eigenvalue weighted by Gasteiger charge is 2.22. The van der Waals surface area contributed by atoms with E-state index in [0.29, 0.717) is 32.5 Å². The van der Waals surface area contributed by atoms with Crippen molar-refractivity contribution < 1.29 is 14.7 Å². The number of carbonyl (C=O) groups excluding carboxylic acids is 2. The number of thiophene rings is 1. The fourth-order valence-corrected chi connectivity index (χ4v) is 5.81. The summed E-state index contributed by atoms with van der Waals surface area (Å²) in [4.78, 5) is 27.9. The van der Waals surface area contributed by atoms with E-state index in [2.05, 4.69) is 4.90 Å². The molecule has 31 heavy (non-hydrogen) atoms. The molecule has 8 heteroatoms. The molecule has 0 saturated carbocycles. The molecule has 0 unspecified atom stereocenters. The van der Waals surface area contributed by atoms with Gasteiger partial charge in [-0.2, -0.15) is 0 Å². The van der Waals surface area contributed by atoms with E-state index >= 15 is 0 Å². The van der Waals surface area contributed by atoms with Crippen LogP contribution in [0.4, 0.5) is 0 Å². The van der Waals surface area contributed by atoms with Gasteiger partial charge in [0, 0.05) is 28.8 Å². The third-order valence-corrected chi connectivity index (χ3v) is 7.68. The minimum Gasteiger partial charge on any atom is -0.505 e. The van der Waals surface area contributed by atoms with Gasteiger partial charge in [0.25, 0.3) is 0 Å². The van der Waals surface area contributed by atoms with E-state index in [1.165, 1.54) is 35.8 Å². The van der Waals surface area contributed by atoms with E-state index in [4.69, 9.17) is 28.9 Å². The van der Waals surface area contributed by atoms with E-state index in [9.17, 15) is 14.7 Å². The van der Waals surface area contributed by atoms with E-state index in [-0.39, 0.29) is 28.0 Å². The first-order chi connectivity index (χ1) is 14.8. The molecule has 1 amide bonds. The summed E-state index contributed by atoms with van der Waals surface area (Å²) in [6.45, 7) is 3.17. The SMILES string of the molecule is NC(=O)c1c(CCC(=O)c2ccc(CN3CCCC3)cc2)sc2c(Cl)c(O)c(Cl)cc12. The van der Waals surface area contributed by atoms with Gasteiger partial charge in [0.05, 0.1) is 15.3 Å². The predicted octanol–water partition coefficient (Wildman–Crippen LogP) is 5.42. The van der Waals surface area contributed by atoms with Gasteiger partial charge in [-0.1, -0.05) is 47.5 Å². The maximum absolute atomic E-state index is 12.7. The molecule has 1 fully saturated rings. The number of fused-ring (bicyclic) bond motifs is 1. The summed E-state index contributed by atoms with van der Waals surface area (Å²) >= 11 is 13.5. The van der Waals surface area contributed by atoms with E-state index < -0.39 is 5.91 Å². The highest BCUT2D eigenvalue weighted by Crippen LogP contribution is 2.44. The normalized spacial score (nSPS) is 14.4. The quantitative estimate of drug-likeness (QED) is 0.445. The number of aryl methyl sites for hydroxylation is 1. The number of phenolic OH excluding ortho intramolecular Hbond substituents is 1. The number of hydrogen-bond acceptors (Lipinski definition) is 5. The van der Waals surface area contributed by atoms with Crippen LogP contribution in [-0.2, 0) is 13.0 Å². The lowest BCUT2D eigenvalue weighted by Gasteiger charge is -2.14. The number of carbonyl (C=O) groups is 2. The second-order valence-electron chi connectivity index (χ2n) is 7.77. The number of benzene rings is 2. The zero-order valence-electron chi connectivity index (χ0n) is 16.8. The van der Waals surface area contributed by atoms with Crippen LogP contribution in [0.3, 0.4) is 0 Å². The molecule has 1 aliphatic heterocycles. The average Bonchev–Trinajstić information content (AvgIpc) is 3.38. The van der Waals surface area contributed by atoms with Crippen molar-refractivity contribution in [1.82, 2.24) is 4.90 Å². The molecule has 2 aromatic carbocycles. The first kappa shape index (κ1) is 22.1. The van der Waals surface area contributed by atoms with Gasteiger partial charge in [0.15, 0.2) is 11.5 Å². The molecule has 0 spiro atoms. The minimum atomic E-state index is -0.613. The molecule has 1 saturated heterocycles. The number of phenols is 1. The Hall–Kier alpha value is -2.12. The standard InChI is InChI=1S/C23H22Cl2N2O3S/c24-16-11-15-19(23(26)30)18(31-22(15)20(25)21(16)29)8-7-17(28)14-5-3-13(4-6-14)12-27-9-1-2-10-27/h3-6,11,29H,1-2,7-10,12H2,(H2,26,30). The Morgan fingerprint density at radius 1 is 1.13 bits per heavy atom. The summed E-state index contributed by atoms with van der Waals surface area (Å²) in [5.41, 5.74) is 7.74. The van der Waals surface area contributed by atoms with Gasteiger partial charge >= 0.3 is 0 Å². The van der Waals surface area contributed by atoms with Gasteiger partial charge in [0.2, 0.25) is 5.91 Å². The fraction of sp³-hybridized carbons (Fsp3) is 0.304. The average molecular weight is 477 g/mol. The molecule has 3 N–H and O–H groups in total. The summed E-state index contributed by atoms with van der Waals surface area (Å²) in [5.74, 6) is -0.852. The zero-order chi connectivity index (χ0) is 22.1. The predicted molar refractivity (Wildman–Crippen MR) is 126 cm³/mol. The van der Waals surface area contributed by atoms with Crippen LogP contribution in [0.2, 0.25) is 10.0 Å². The highest BCUT2D eigenvalue weighted by atomic mass is 35.5. The monoisotopic (exact) mass is 476 g/mol. The molecule has 5 nitrogen and oxygen atoms in total. The number of hydrogen-bond donors (Lipinski definition) is 2. The number of ketones is 1. The Kier molecular flexibility index (Phi) is 6.53. The number of amides is 1. The highest BCUT2D eigenvalue weighted by molar-refractivity contribution is 7.20. The summed E-state index contributed by atoms with van der Waals surface area (Å²) < 4.78 is 0.533. The maximum Gasteiger partial charge on any atom is 0.250 e. The lowest BCUT2D eigenvalue weighted by atomic mass is 10.0. The van der Waals surface area contributed by atoms with Crippen LogP contribution < -0.4 is 5.73 Å². The van der Waals surface area contributed by atoms with Crippen LogP contribution in [0.15, 0.2) is 30.3 Å². The van der Waals surface area contributed by atoms with Crippen LogP contribution in [-0.4, -0.2) is 34.8 Å². The van der Waals surface area contributed by atoms with Crippen LogP contribution >= 0.6 is 34.5 Å². The number of halogens is 2. The molecular weight excluding hydrogens is 455 g/mol. The molecule has 0 aliphatic carbocycles. The second kappa shape index (κ2) is 9.17. The van der Waals surface area contributed by atoms with Gasteiger partial charge in [-0.25, -0.2) is 0 Å². The molecule has 0 radical (unpaired) electrons. The van der Waals surface area contributed by atoms with Gasteiger partial charge in [-0.05, 0) is 44.0 Å². The van der Waals surface area contributed by atoms with Crippen LogP contribution in [0.5, 0.6) is 5.75 Å². The van der Waals surface area contributed by atoms with Gasteiger partial charge in [-0.3, -0.25) is 14.5 Å². The van der Waals surface area contributed by atoms with Gasteiger partial charge in [-0.15, -0.1) is 11.3 Å². The largest absolute Gasteiger partial charge is 0.505 e. The fourth-order valence-electron chi connectivity index (χ4n) is 4.01. The number of nitrogens with two attached hydrogens (primary N) is 1. The van der Waals surface area contributed by atoms with Crippen molar-refractivity contribution in [3.05, 3.63) is 61.9 Å². The van der Waals surface area contributed by atoms with Gasteiger partial charge in [0.1, 0.15) is 5.02 Å². The smallest absolute Gasteiger partial charge is 0.250 e. The summed E-state index contributed by atoms with van der Waals surface area (Å²) in [7, 11) is 0. The van der Waals surface area contributed by atoms with Gasteiger partial charge < -0.3 is 10.8 Å².